The van der Waals surface area contributed by atoms with Crippen LogP contribution in [-0.2, 0) is 35.2 Å². The van der Waals surface area contributed by atoms with Crippen molar-refractivity contribution in [3.63, 3.8) is 0 Å². The molecule has 0 aliphatic heterocycles. The number of alkyl halides is 3. The van der Waals surface area contributed by atoms with Crippen molar-refractivity contribution >= 4 is 47.4 Å². The van der Waals surface area contributed by atoms with E-state index in [4.69, 9.17) is 38.2 Å². The van der Waals surface area contributed by atoms with Gasteiger partial charge in [-0.25, -0.2) is 4.79 Å². The van der Waals surface area contributed by atoms with E-state index < -0.39 is 66.2 Å². The Balaban J connectivity index is 0.00000246. The first-order valence-corrected chi connectivity index (χ1v) is 12.8. The Morgan fingerprint density at radius 3 is 1.84 bits per heavy atom. The van der Waals surface area contributed by atoms with Gasteiger partial charge in [-0.15, -0.1) is 0 Å². The molecule has 0 radical (unpaired) electrons. The van der Waals surface area contributed by atoms with Crippen LogP contribution in [0.5, 0.6) is 0 Å². The number of guanidine groups is 1. The maximum absolute atomic E-state index is 13.1. The van der Waals surface area contributed by atoms with E-state index >= 15 is 0 Å². The lowest BCUT2D eigenvalue weighted by Crippen LogP contribution is -2.55. The molecule has 0 aliphatic carbocycles. The van der Waals surface area contributed by atoms with Crippen LogP contribution in [0.2, 0.25) is 0 Å². The minimum Gasteiger partial charge on any atom is -0.481 e. The number of carboxylic acids is 2. The van der Waals surface area contributed by atoms with Gasteiger partial charge >= 0.3 is 18.1 Å². The number of hydrogen-bond donors (Lipinski definition) is 9. The topological polar surface area (TPSA) is 310 Å². The Kier molecular flexibility index (Phi) is 16.1. The molecule has 0 heterocycles. The molecular formula is C25H36F3N9O8. The van der Waals surface area contributed by atoms with Crippen molar-refractivity contribution in [2.24, 2.45) is 33.8 Å². The largest absolute Gasteiger partial charge is 0.490 e. The molecule has 0 saturated carbocycles. The quantitative estimate of drug-likeness (QED) is 0.0427. The van der Waals surface area contributed by atoms with Crippen LogP contribution in [0.15, 0.2) is 29.3 Å². The van der Waals surface area contributed by atoms with Crippen molar-refractivity contribution in [2.45, 2.75) is 43.9 Å². The number of nitrogens with one attached hydrogen (secondary N) is 3. The maximum atomic E-state index is 13.1. The van der Waals surface area contributed by atoms with Crippen molar-refractivity contribution < 1.29 is 52.2 Å². The standard InChI is InChI=1S/C23H35N9O6.C2HF3O2/c1-32(2)22(38)14(10-12-5-7-13(8-6-12)18(24)25)20(36)31-16(11-17(33)34)21(37)30-15(19(26)35)4-3-9-29-23(27)28;3-2(4,5)1(6)7/h5-8,14-16H,3-4,9-11H2,1-2H3,(H3,24,25)(H2,26,35)(H,30,37)(H,31,36)(H,33,34)(H4,27,28,29);(H,6,7)/t14-,15?,16?;/m0./s1. The number of benzene rings is 1. The highest BCUT2D eigenvalue weighted by atomic mass is 19.4. The molecule has 1 rings (SSSR count). The Morgan fingerprint density at radius 2 is 1.44 bits per heavy atom. The summed E-state index contributed by atoms with van der Waals surface area (Å²) in [7, 11) is 2.89. The normalized spacial score (nSPS) is 12.6. The van der Waals surface area contributed by atoms with E-state index in [-0.39, 0.29) is 37.6 Å². The van der Waals surface area contributed by atoms with Gasteiger partial charge in [0, 0.05) is 26.2 Å². The van der Waals surface area contributed by atoms with E-state index in [2.05, 4.69) is 15.6 Å². The van der Waals surface area contributed by atoms with Gasteiger partial charge in [0.05, 0.1) is 6.42 Å². The minimum absolute atomic E-state index is 0.0591. The molecule has 0 aromatic heterocycles. The van der Waals surface area contributed by atoms with Gasteiger partial charge in [0.25, 0.3) is 0 Å². The summed E-state index contributed by atoms with van der Waals surface area (Å²) in [5, 5.41) is 28.6. The van der Waals surface area contributed by atoms with Crippen LogP contribution in [0, 0.1) is 11.3 Å². The summed E-state index contributed by atoms with van der Waals surface area (Å²) >= 11 is 0. The van der Waals surface area contributed by atoms with E-state index in [1.807, 2.05) is 0 Å². The number of nitrogen functional groups attached to an aromatic ring is 1. The Bertz CT molecular complexity index is 1270. The van der Waals surface area contributed by atoms with Gasteiger partial charge in [0.1, 0.15) is 23.8 Å². The van der Waals surface area contributed by atoms with Gasteiger partial charge in [-0.3, -0.25) is 34.4 Å². The molecule has 0 fully saturated rings. The third-order valence-electron chi connectivity index (χ3n) is 5.62. The third kappa shape index (κ3) is 15.6. The Labute approximate surface area is 254 Å². The highest BCUT2D eigenvalue weighted by Crippen LogP contribution is 2.15. The summed E-state index contributed by atoms with van der Waals surface area (Å²) in [4.78, 5) is 75.9. The van der Waals surface area contributed by atoms with Gasteiger partial charge < -0.3 is 48.7 Å². The first-order chi connectivity index (χ1) is 20.7. The molecule has 1 aromatic rings. The fourth-order valence-corrected chi connectivity index (χ4v) is 3.38. The van der Waals surface area contributed by atoms with Crippen molar-refractivity contribution in [1.82, 2.24) is 15.5 Å². The number of carbonyl (C=O) groups is 6. The van der Waals surface area contributed by atoms with Gasteiger partial charge in [0.15, 0.2) is 5.96 Å². The summed E-state index contributed by atoms with van der Waals surface area (Å²) in [6.07, 6.45) is -5.63. The first-order valence-electron chi connectivity index (χ1n) is 12.8. The Morgan fingerprint density at radius 1 is 0.933 bits per heavy atom. The number of nitrogens with zero attached hydrogens (tertiary/aromatic N) is 2. The van der Waals surface area contributed by atoms with E-state index in [1.165, 1.54) is 19.0 Å². The van der Waals surface area contributed by atoms with Crippen LogP contribution in [0.4, 0.5) is 13.2 Å². The number of nitrogens with two attached hydrogens (primary N) is 4. The second-order valence-electron chi connectivity index (χ2n) is 9.47. The molecule has 17 nitrogen and oxygen atoms in total. The van der Waals surface area contributed by atoms with Crippen molar-refractivity contribution in [3.05, 3.63) is 35.4 Å². The molecule has 4 amide bonds. The van der Waals surface area contributed by atoms with Gasteiger partial charge in [-0.1, -0.05) is 24.3 Å². The number of halogens is 3. The molecule has 1 aromatic carbocycles. The number of carboxylic acid groups (broad SMARTS) is 2. The fourth-order valence-electron chi connectivity index (χ4n) is 3.38. The lowest BCUT2D eigenvalue weighted by molar-refractivity contribution is -0.192. The minimum atomic E-state index is -5.08. The van der Waals surface area contributed by atoms with E-state index in [9.17, 15) is 42.3 Å². The number of primary amides is 1. The Hall–Kier alpha value is -5.43. The number of amidine groups is 1. The number of amides is 4. The molecule has 0 bridgehead atoms. The van der Waals surface area contributed by atoms with E-state index in [1.54, 1.807) is 24.3 Å². The van der Waals surface area contributed by atoms with Crippen LogP contribution < -0.4 is 33.6 Å². The zero-order chi connectivity index (χ0) is 35.1. The van der Waals surface area contributed by atoms with E-state index in [0.717, 1.165) is 0 Å². The summed E-state index contributed by atoms with van der Waals surface area (Å²) < 4.78 is 31.7. The lowest BCUT2D eigenvalue weighted by atomic mass is 9.95. The van der Waals surface area contributed by atoms with E-state index in [0.29, 0.717) is 11.1 Å². The predicted octanol–water partition coefficient (Wildman–Crippen LogP) is -2.17. The molecular weight excluding hydrogens is 611 g/mol. The molecule has 45 heavy (non-hydrogen) atoms. The first kappa shape index (κ1) is 39.6. The number of hydrogen-bond acceptors (Lipinski definition) is 8. The summed E-state index contributed by atoms with van der Waals surface area (Å²) in [5.74, 6) is -9.06. The van der Waals surface area contributed by atoms with Crippen LogP contribution in [-0.4, -0.2) is 101 Å². The molecule has 0 spiro atoms. The number of carbonyl (C=O) groups excluding carboxylic acids is 4. The highest BCUT2D eigenvalue weighted by Gasteiger charge is 2.38. The van der Waals surface area contributed by atoms with Crippen molar-refractivity contribution in [3.8, 4) is 0 Å². The molecule has 250 valence electrons. The fraction of sp³-hybridized carbons (Fsp3) is 0.440. The number of aliphatic imine (C=N–C) groups is 1. The predicted molar refractivity (Wildman–Crippen MR) is 152 cm³/mol. The molecule has 0 aliphatic rings. The zero-order valence-corrected chi connectivity index (χ0v) is 24.3. The monoisotopic (exact) mass is 647 g/mol. The van der Waals surface area contributed by atoms with Crippen LogP contribution in [0.3, 0.4) is 0 Å². The smallest absolute Gasteiger partial charge is 0.481 e. The van der Waals surface area contributed by atoms with Crippen molar-refractivity contribution in [1.29, 1.82) is 5.41 Å². The van der Waals surface area contributed by atoms with Gasteiger partial charge in [0.2, 0.25) is 23.6 Å². The summed E-state index contributed by atoms with van der Waals surface area (Å²) in [6.45, 7) is 0.166. The van der Waals surface area contributed by atoms with Crippen LogP contribution in [0.25, 0.3) is 0 Å². The second kappa shape index (κ2) is 18.3. The second-order valence-corrected chi connectivity index (χ2v) is 9.47. The average Bonchev–Trinajstić information content (AvgIpc) is 2.91. The summed E-state index contributed by atoms with van der Waals surface area (Å²) in [5.41, 5.74) is 22.3. The zero-order valence-electron chi connectivity index (χ0n) is 24.3. The average molecular weight is 648 g/mol. The van der Waals surface area contributed by atoms with Gasteiger partial charge in [-0.2, -0.15) is 13.2 Å². The molecule has 3 atom stereocenters. The SMILES string of the molecule is CN(C)C(=O)[C@@H](Cc1ccc(C(=N)N)cc1)C(=O)NC(CC(=O)O)C(=O)NC(CCCN=C(N)N)C(N)=O.O=C(O)C(F)(F)F. The number of rotatable bonds is 15. The van der Waals surface area contributed by atoms with Gasteiger partial charge in [-0.05, 0) is 24.8 Å². The maximum Gasteiger partial charge on any atom is 0.490 e. The van der Waals surface area contributed by atoms with Crippen LogP contribution >= 0.6 is 0 Å². The highest BCUT2D eigenvalue weighted by molar-refractivity contribution is 6.02. The molecule has 0 saturated heterocycles. The molecule has 13 N–H and O–H groups in total. The van der Waals surface area contributed by atoms with Crippen molar-refractivity contribution in [2.75, 3.05) is 20.6 Å². The van der Waals surface area contributed by atoms with Crippen LogP contribution in [0.1, 0.15) is 30.4 Å². The molecule has 2 unspecified atom stereocenters. The summed E-state index contributed by atoms with van der Waals surface area (Å²) in [6, 6.07) is 3.54. The lowest BCUT2D eigenvalue weighted by Gasteiger charge is -2.24. The molecule has 20 heteroatoms. The number of aliphatic carboxylic acids is 2. The third-order valence-corrected chi connectivity index (χ3v) is 5.62.